The third kappa shape index (κ3) is 3.25. The van der Waals surface area contributed by atoms with Crippen molar-refractivity contribution < 1.29 is 4.79 Å². The first-order valence-corrected chi connectivity index (χ1v) is 8.14. The number of fused-ring (bicyclic) bond motifs is 1. The number of hydrogen-bond donors (Lipinski definition) is 2. The number of H-pyrrole nitrogens is 1. The van der Waals surface area contributed by atoms with Crippen molar-refractivity contribution in [2.45, 2.75) is 33.2 Å². The van der Waals surface area contributed by atoms with Gasteiger partial charge in [0, 0.05) is 42.3 Å². The molecule has 0 saturated heterocycles. The largest absolute Gasteiger partial charge is 0.361 e. The minimum Gasteiger partial charge on any atom is -0.361 e. The molecule has 0 atom stereocenters. The molecular formula is C19H21N3O2. The summed E-state index contributed by atoms with van der Waals surface area (Å²) in [6.07, 6.45) is 4.71. The highest BCUT2D eigenvalue weighted by atomic mass is 16.1. The molecule has 0 aliphatic carbocycles. The smallest absolute Gasteiger partial charge is 0.250 e. The minimum absolute atomic E-state index is 0.0571. The van der Waals surface area contributed by atoms with Crippen LogP contribution in [0.25, 0.3) is 10.9 Å². The van der Waals surface area contributed by atoms with E-state index in [2.05, 4.69) is 29.4 Å². The summed E-state index contributed by atoms with van der Waals surface area (Å²) in [5.74, 6) is -0.0571. The van der Waals surface area contributed by atoms with Gasteiger partial charge < -0.3 is 14.9 Å². The van der Waals surface area contributed by atoms with Crippen molar-refractivity contribution in [1.29, 1.82) is 0 Å². The number of hydrogen-bond acceptors (Lipinski definition) is 2. The molecule has 1 amide bonds. The number of para-hydroxylation sites is 1. The Morgan fingerprint density at radius 2 is 2.08 bits per heavy atom. The van der Waals surface area contributed by atoms with Crippen LogP contribution in [-0.4, -0.2) is 15.5 Å². The van der Waals surface area contributed by atoms with Crippen LogP contribution in [0, 0.1) is 6.92 Å². The number of rotatable bonds is 5. The highest BCUT2D eigenvalue weighted by Gasteiger charge is 2.09. The summed E-state index contributed by atoms with van der Waals surface area (Å²) < 4.78 is 1.57. The number of aromatic amines is 1. The van der Waals surface area contributed by atoms with Crippen LogP contribution in [0.5, 0.6) is 0 Å². The van der Waals surface area contributed by atoms with Crippen LogP contribution in [0.4, 0.5) is 5.69 Å². The third-order valence-electron chi connectivity index (χ3n) is 4.24. The van der Waals surface area contributed by atoms with Gasteiger partial charge in [-0.25, -0.2) is 0 Å². The summed E-state index contributed by atoms with van der Waals surface area (Å²) in [5, 5.41) is 4.03. The lowest BCUT2D eigenvalue weighted by Crippen LogP contribution is -2.19. The van der Waals surface area contributed by atoms with Crippen LogP contribution >= 0.6 is 0 Å². The molecule has 0 aliphatic rings. The molecule has 0 radical (unpaired) electrons. The van der Waals surface area contributed by atoms with Gasteiger partial charge in [0.05, 0.1) is 5.69 Å². The average molecular weight is 323 g/mol. The van der Waals surface area contributed by atoms with Gasteiger partial charge in [-0.3, -0.25) is 9.59 Å². The van der Waals surface area contributed by atoms with Gasteiger partial charge in [0.2, 0.25) is 5.91 Å². The Bertz CT molecular complexity index is 937. The average Bonchev–Trinajstić information content (AvgIpc) is 2.99. The zero-order valence-electron chi connectivity index (χ0n) is 13.9. The number of benzene rings is 1. The molecule has 2 N–H and O–H groups in total. The molecule has 5 nitrogen and oxygen atoms in total. The second kappa shape index (κ2) is 6.74. The summed E-state index contributed by atoms with van der Waals surface area (Å²) in [7, 11) is 0. The number of carbonyl (C=O) groups is 1. The molecule has 1 aromatic carbocycles. The van der Waals surface area contributed by atoms with Crippen LogP contribution in [-0.2, 0) is 17.8 Å². The Hall–Kier alpha value is -2.82. The van der Waals surface area contributed by atoms with Gasteiger partial charge in [0.25, 0.3) is 5.56 Å². The van der Waals surface area contributed by atoms with E-state index in [9.17, 15) is 9.59 Å². The molecule has 24 heavy (non-hydrogen) atoms. The summed E-state index contributed by atoms with van der Waals surface area (Å²) in [6, 6.07) is 9.28. The maximum Gasteiger partial charge on any atom is 0.250 e. The van der Waals surface area contributed by atoms with Crippen molar-refractivity contribution in [1.82, 2.24) is 9.55 Å². The van der Waals surface area contributed by atoms with Gasteiger partial charge >= 0.3 is 0 Å². The van der Waals surface area contributed by atoms with Crippen molar-refractivity contribution in [3.63, 3.8) is 0 Å². The standard InChI is InChI=1S/C19H21N3O2/c1-3-22-12-15(8-10-18(22)24)21-17(23)9-7-14-11-20-19-13(2)5-4-6-16(14)19/h4-6,8,10-12,20H,3,7,9H2,1-2H3,(H,21,23). The molecule has 5 heteroatoms. The van der Waals surface area contributed by atoms with Gasteiger partial charge in [0.15, 0.2) is 0 Å². The maximum atomic E-state index is 12.2. The van der Waals surface area contributed by atoms with Gasteiger partial charge in [-0.2, -0.15) is 0 Å². The molecule has 0 spiro atoms. The molecule has 2 heterocycles. The topological polar surface area (TPSA) is 66.9 Å². The summed E-state index contributed by atoms with van der Waals surface area (Å²) in [5.41, 5.74) is 4.05. The number of anilines is 1. The first kappa shape index (κ1) is 16.1. The van der Waals surface area contributed by atoms with E-state index in [0.29, 0.717) is 25.1 Å². The van der Waals surface area contributed by atoms with E-state index in [4.69, 9.17) is 0 Å². The van der Waals surface area contributed by atoms with Crippen molar-refractivity contribution >= 4 is 22.5 Å². The quantitative estimate of drug-likeness (QED) is 0.757. The van der Waals surface area contributed by atoms with Gasteiger partial charge in [0.1, 0.15) is 0 Å². The fourth-order valence-corrected chi connectivity index (χ4v) is 2.89. The van der Waals surface area contributed by atoms with Gasteiger partial charge in [-0.1, -0.05) is 18.2 Å². The van der Waals surface area contributed by atoms with E-state index < -0.39 is 0 Å². The van der Waals surface area contributed by atoms with E-state index in [-0.39, 0.29) is 11.5 Å². The van der Waals surface area contributed by atoms with Crippen LogP contribution in [0.2, 0.25) is 0 Å². The summed E-state index contributed by atoms with van der Waals surface area (Å²) in [6.45, 7) is 4.54. The SMILES string of the molecule is CCn1cc(NC(=O)CCc2c[nH]c3c(C)cccc23)ccc1=O. The third-order valence-corrected chi connectivity index (χ3v) is 4.24. The number of nitrogens with one attached hydrogen (secondary N) is 2. The molecule has 2 aromatic heterocycles. The second-order valence-electron chi connectivity index (χ2n) is 5.90. The molecule has 0 aliphatic heterocycles. The zero-order chi connectivity index (χ0) is 17.1. The highest BCUT2D eigenvalue weighted by molar-refractivity contribution is 5.91. The molecular weight excluding hydrogens is 302 g/mol. The lowest BCUT2D eigenvalue weighted by Gasteiger charge is -2.08. The lowest BCUT2D eigenvalue weighted by molar-refractivity contribution is -0.116. The van der Waals surface area contributed by atoms with Crippen molar-refractivity contribution in [2.75, 3.05) is 5.32 Å². The first-order chi connectivity index (χ1) is 11.6. The fourth-order valence-electron chi connectivity index (χ4n) is 2.89. The number of aryl methyl sites for hydroxylation is 3. The Kier molecular flexibility index (Phi) is 4.51. The Morgan fingerprint density at radius 3 is 2.88 bits per heavy atom. The van der Waals surface area contributed by atoms with Crippen LogP contribution in [0.15, 0.2) is 47.5 Å². The second-order valence-corrected chi connectivity index (χ2v) is 5.90. The molecule has 0 unspecified atom stereocenters. The monoisotopic (exact) mass is 323 g/mol. The number of carbonyl (C=O) groups excluding carboxylic acids is 1. The maximum absolute atomic E-state index is 12.2. The minimum atomic E-state index is -0.0651. The molecule has 124 valence electrons. The van der Waals surface area contributed by atoms with E-state index >= 15 is 0 Å². The molecule has 3 rings (SSSR count). The molecule has 0 saturated carbocycles. The molecule has 3 aromatic rings. The van der Waals surface area contributed by atoms with Crippen LogP contribution in [0.3, 0.4) is 0 Å². The van der Waals surface area contributed by atoms with Gasteiger partial charge in [-0.15, -0.1) is 0 Å². The Labute approximate surface area is 140 Å². The Balaban J connectivity index is 1.67. The number of nitrogens with zero attached hydrogens (tertiary/aromatic N) is 1. The Morgan fingerprint density at radius 1 is 1.25 bits per heavy atom. The van der Waals surface area contributed by atoms with Crippen LogP contribution < -0.4 is 10.9 Å². The number of aromatic nitrogens is 2. The molecule has 0 bridgehead atoms. The van der Waals surface area contributed by atoms with E-state index in [1.807, 2.05) is 19.2 Å². The lowest BCUT2D eigenvalue weighted by atomic mass is 10.1. The fraction of sp³-hybridized carbons (Fsp3) is 0.263. The van der Waals surface area contributed by atoms with Crippen LogP contribution in [0.1, 0.15) is 24.5 Å². The van der Waals surface area contributed by atoms with E-state index in [1.165, 1.54) is 17.0 Å². The zero-order valence-corrected chi connectivity index (χ0v) is 13.9. The van der Waals surface area contributed by atoms with E-state index in [1.54, 1.807) is 16.8 Å². The first-order valence-electron chi connectivity index (χ1n) is 8.14. The van der Waals surface area contributed by atoms with E-state index in [0.717, 1.165) is 11.1 Å². The normalized spacial score (nSPS) is 10.9. The summed E-state index contributed by atoms with van der Waals surface area (Å²) in [4.78, 5) is 27.0. The van der Waals surface area contributed by atoms with Crippen molar-refractivity contribution in [2.24, 2.45) is 0 Å². The highest BCUT2D eigenvalue weighted by Crippen LogP contribution is 2.22. The van der Waals surface area contributed by atoms with Gasteiger partial charge in [-0.05, 0) is 37.5 Å². The van der Waals surface area contributed by atoms with Crippen molar-refractivity contribution in [3.05, 3.63) is 64.2 Å². The number of pyridine rings is 1. The summed E-state index contributed by atoms with van der Waals surface area (Å²) >= 11 is 0. The predicted octanol–water partition coefficient (Wildman–Crippen LogP) is 3.23. The molecule has 0 fully saturated rings. The van der Waals surface area contributed by atoms with Crippen molar-refractivity contribution in [3.8, 4) is 0 Å². The number of amides is 1. The predicted molar refractivity (Wildman–Crippen MR) is 96.4 cm³/mol.